The Morgan fingerprint density at radius 2 is 1.87 bits per heavy atom. The molecule has 1 aromatic carbocycles. The molecule has 0 radical (unpaired) electrons. The van der Waals surface area contributed by atoms with E-state index in [1.54, 1.807) is 12.1 Å². The molecule has 0 aromatic heterocycles. The van der Waals surface area contributed by atoms with Crippen molar-refractivity contribution < 1.29 is 14.5 Å². The molecule has 126 valence electrons. The number of non-ortho nitro benzene ring substituents is 1. The maximum Gasteiger partial charge on any atom is 0.302 e. The summed E-state index contributed by atoms with van der Waals surface area (Å²) in [6.45, 7) is 7.90. The van der Waals surface area contributed by atoms with Crippen LogP contribution in [0.3, 0.4) is 0 Å². The predicted octanol–water partition coefficient (Wildman–Crippen LogP) is 4.24. The lowest BCUT2D eigenvalue weighted by Gasteiger charge is -2.43. The van der Waals surface area contributed by atoms with Crippen molar-refractivity contribution in [3.05, 3.63) is 39.9 Å². The first kappa shape index (κ1) is 17.4. The van der Waals surface area contributed by atoms with Gasteiger partial charge in [-0.3, -0.25) is 14.9 Å². The van der Waals surface area contributed by atoms with Crippen LogP contribution in [0.15, 0.2) is 24.3 Å². The highest BCUT2D eigenvalue weighted by Crippen LogP contribution is 2.43. The lowest BCUT2D eigenvalue weighted by Crippen LogP contribution is -2.43. The van der Waals surface area contributed by atoms with Crippen molar-refractivity contribution in [2.45, 2.75) is 58.5 Å². The average molecular weight is 319 g/mol. The van der Waals surface area contributed by atoms with E-state index in [9.17, 15) is 14.9 Å². The summed E-state index contributed by atoms with van der Waals surface area (Å²) in [5.41, 5.74) is 0.924. The highest BCUT2D eigenvalue weighted by molar-refractivity contribution is 5.66. The van der Waals surface area contributed by atoms with Gasteiger partial charge in [-0.05, 0) is 29.7 Å². The van der Waals surface area contributed by atoms with Gasteiger partial charge in [0.05, 0.1) is 4.92 Å². The van der Waals surface area contributed by atoms with Gasteiger partial charge in [-0.1, -0.05) is 39.3 Å². The number of benzene rings is 1. The number of esters is 1. The molecule has 1 aliphatic rings. The van der Waals surface area contributed by atoms with E-state index in [-0.39, 0.29) is 34.0 Å². The Hall–Kier alpha value is -1.91. The van der Waals surface area contributed by atoms with Gasteiger partial charge in [-0.25, -0.2) is 0 Å². The van der Waals surface area contributed by atoms with E-state index in [2.05, 4.69) is 20.8 Å². The van der Waals surface area contributed by atoms with Gasteiger partial charge in [-0.2, -0.15) is 0 Å². The Labute approximate surface area is 137 Å². The zero-order chi connectivity index (χ0) is 17.2. The van der Waals surface area contributed by atoms with Gasteiger partial charge in [0.15, 0.2) is 0 Å². The molecule has 1 aliphatic carbocycles. The molecule has 0 unspecified atom stereocenters. The van der Waals surface area contributed by atoms with Crippen molar-refractivity contribution in [2.24, 2.45) is 11.8 Å². The molecule has 23 heavy (non-hydrogen) atoms. The summed E-state index contributed by atoms with van der Waals surface area (Å²) < 4.78 is 5.60. The number of ether oxygens (including phenoxy) is 1. The number of carbonyl (C=O) groups is 1. The van der Waals surface area contributed by atoms with Crippen LogP contribution in [0.1, 0.15) is 52.5 Å². The summed E-state index contributed by atoms with van der Waals surface area (Å²) in [6, 6.07) is 6.73. The lowest BCUT2D eigenvalue weighted by molar-refractivity contribution is -0.384. The maximum atomic E-state index is 11.5. The van der Waals surface area contributed by atoms with Gasteiger partial charge in [-0.15, -0.1) is 0 Å². The summed E-state index contributed by atoms with van der Waals surface area (Å²) in [4.78, 5) is 21.9. The van der Waals surface area contributed by atoms with Gasteiger partial charge in [0.2, 0.25) is 0 Å². The molecule has 1 fully saturated rings. The average Bonchev–Trinajstić information content (AvgIpc) is 2.46. The van der Waals surface area contributed by atoms with Crippen molar-refractivity contribution in [2.75, 3.05) is 0 Å². The summed E-state index contributed by atoms with van der Waals surface area (Å²) in [6.07, 6.45) is 2.88. The minimum atomic E-state index is -0.388. The van der Waals surface area contributed by atoms with Crippen LogP contribution in [-0.4, -0.2) is 17.0 Å². The predicted molar refractivity (Wildman–Crippen MR) is 88.2 cm³/mol. The molecule has 3 atom stereocenters. The van der Waals surface area contributed by atoms with E-state index in [1.165, 1.54) is 6.92 Å². The summed E-state index contributed by atoms with van der Waals surface area (Å²) in [7, 11) is 0. The third kappa shape index (κ3) is 3.89. The second-order valence-electron chi connectivity index (χ2n) is 7.20. The fourth-order valence-corrected chi connectivity index (χ4v) is 3.72. The first-order chi connectivity index (χ1) is 10.7. The van der Waals surface area contributed by atoms with Crippen molar-refractivity contribution >= 4 is 11.7 Å². The second-order valence-corrected chi connectivity index (χ2v) is 7.20. The van der Waals surface area contributed by atoms with Gasteiger partial charge < -0.3 is 4.74 Å². The Morgan fingerprint density at radius 1 is 1.26 bits per heavy atom. The van der Waals surface area contributed by atoms with Crippen molar-refractivity contribution in [1.82, 2.24) is 0 Å². The fraction of sp³-hybridized carbons (Fsp3) is 0.611. The van der Waals surface area contributed by atoms with Gasteiger partial charge in [0.1, 0.15) is 6.10 Å². The Morgan fingerprint density at radius 3 is 2.39 bits per heavy atom. The Bertz CT molecular complexity index is 579. The van der Waals surface area contributed by atoms with E-state index >= 15 is 0 Å². The summed E-state index contributed by atoms with van der Waals surface area (Å²) in [5, 5.41) is 10.8. The third-order valence-corrected chi connectivity index (χ3v) is 5.12. The SMILES string of the molecule is CC(=O)O[C@@H]1C[C@H](C)CC[C@H]1C(C)(C)c1ccc([N+](=O)[O-])cc1. The number of nitro groups is 1. The van der Waals surface area contributed by atoms with E-state index in [1.807, 2.05) is 12.1 Å². The molecule has 0 N–H and O–H groups in total. The van der Waals surface area contributed by atoms with Crippen LogP contribution in [0.5, 0.6) is 0 Å². The molecular formula is C18H25NO4. The van der Waals surface area contributed by atoms with Crippen molar-refractivity contribution in [3.63, 3.8) is 0 Å². The van der Waals surface area contributed by atoms with Crippen LogP contribution in [0, 0.1) is 22.0 Å². The number of hydrogen-bond acceptors (Lipinski definition) is 4. The lowest BCUT2D eigenvalue weighted by atomic mass is 9.64. The van der Waals surface area contributed by atoms with Crippen molar-refractivity contribution in [3.8, 4) is 0 Å². The molecule has 0 bridgehead atoms. The number of carbonyl (C=O) groups excluding carboxylic acids is 1. The van der Waals surface area contributed by atoms with Crippen molar-refractivity contribution in [1.29, 1.82) is 0 Å². The van der Waals surface area contributed by atoms with Gasteiger partial charge in [0, 0.05) is 25.0 Å². The number of nitro benzene ring substituents is 1. The fourth-order valence-electron chi connectivity index (χ4n) is 3.72. The minimum absolute atomic E-state index is 0.0957. The van der Waals surface area contributed by atoms with E-state index in [4.69, 9.17) is 4.74 Å². The van der Waals surface area contributed by atoms with Gasteiger partial charge >= 0.3 is 5.97 Å². The Kier molecular flexibility index (Phi) is 5.07. The van der Waals surface area contributed by atoms with E-state index in [0.29, 0.717) is 5.92 Å². The quantitative estimate of drug-likeness (QED) is 0.473. The highest BCUT2D eigenvalue weighted by atomic mass is 16.6. The molecule has 0 saturated heterocycles. The van der Waals surface area contributed by atoms with Crippen LogP contribution in [0.4, 0.5) is 5.69 Å². The number of nitrogens with zero attached hydrogens (tertiary/aromatic N) is 1. The monoisotopic (exact) mass is 319 g/mol. The van der Waals surface area contributed by atoms with Crippen LogP contribution >= 0.6 is 0 Å². The highest BCUT2D eigenvalue weighted by Gasteiger charge is 2.41. The minimum Gasteiger partial charge on any atom is -0.462 e. The normalized spacial score (nSPS) is 25.0. The molecule has 0 spiro atoms. The zero-order valence-corrected chi connectivity index (χ0v) is 14.2. The van der Waals surface area contributed by atoms with E-state index < -0.39 is 0 Å². The molecule has 1 saturated carbocycles. The van der Waals surface area contributed by atoms with Crippen LogP contribution in [0.2, 0.25) is 0 Å². The van der Waals surface area contributed by atoms with Crippen LogP contribution in [-0.2, 0) is 14.9 Å². The second kappa shape index (κ2) is 6.69. The molecule has 0 aliphatic heterocycles. The molecule has 2 rings (SSSR count). The first-order valence-corrected chi connectivity index (χ1v) is 8.14. The van der Waals surface area contributed by atoms with Crippen LogP contribution in [0.25, 0.3) is 0 Å². The Balaban J connectivity index is 2.27. The molecule has 5 nitrogen and oxygen atoms in total. The van der Waals surface area contributed by atoms with Gasteiger partial charge in [0.25, 0.3) is 5.69 Å². The van der Waals surface area contributed by atoms with Crippen LogP contribution < -0.4 is 0 Å². The topological polar surface area (TPSA) is 69.4 Å². The molecule has 1 aromatic rings. The smallest absolute Gasteiger partial charge is 0.302 e. The molecule has 5 heteroatoms. The standard InChI is InChI=1S/C18H25NO4/c1-12-5-10-16(17(11-12)23-13(2)20)18(3,4)14-6-8-15(9-7-14)19(21)22/h6-9,12,16-17H,5,10-11H2,1-4H3/t12-,16-,17-/m1/s1. The molecule has 0 heterocycles. The molecular weight excluding hydrogens is 294 g/mol. The molecule has 0 amide bonds. The number of hydrogen-bond donors (Lipinski definition) is 0. The maximum absolute atomic E-state index is 11.5. The number of rotatable bonds is 4. The summed E-state index contributed by atoms with van der Waals surface area (Å²) >= 11 is 0. The first-order valence-electron chi connectivity index (χ1n) is 8.14. The summed E-state index contributed by atoms with van der Waals surface area (Å²) in [5.74, 6) is 0.515. The van der Waals surface area contributed by atoms with E-state index in [0.717, 1.165) is 24.8 Å². The largest absolute Gasteiger partial charge is 0.462 e. The zero-order valence-electron chi connectivity index (χ0n) is 14.2. The third-order valence-electron chi connectivity index (χ3n) is 5.12.